The first-order valence-electron chi connectivity index (χ1n) is 8.25. The number of amides is 1. The summed E-state index contributed by atoms with van der Waals surface area (Å²) in [5.74, 6) is 0.119. The van der Waals surface area contributed by atoms with E-state index in [-0.39, 0.29) is 5.91 Å². The van der Waals surface area contributed by atoms with Crippen LogP contribution in [0, 0.1) is 6.92 Å². The van der Waals surface area contributed by atoms with Gasteiger partial charge in [-0.15, -0.1) is 0 Å². The van der Waals surface area contributed by atoms with Gasteiger partial charge in [0.15, 0.2) is 0 Å². The topological polar surface area (TPSA) is 52.2 Å². The van der Waals surface area contributed by atoms with Crippen LogP contribution in [-0.2, 0) is 0 Å². The average Bonchev–Trinajstić information content (AvgIpc) is 3.07. The number of benzene rings is 1. The molecular formula is C19H20N4O. The summed E-state index contributed by atoms with van der Waals surface area (Å²) >= 11 is 0. The Morgan fingerprint density at radius 2 is 1.88 bits per heavy atom. The molecule has 1 fully saturated rings. The molecule has 1 amide bonds. The third-order valence-corrected chi connectivity index (χ3v) is 4.72. The molecule has 1 aliphatic rings. The Morgan fingerprint density at radius 1 is 1.08 bits per heavy atom. The molecule has 0 radical (unpaired) electrons. The molecule has 5 heteroatoms. The SMILES string of the molecule is Cc1c[nH]cc1C(=O)N1CCN(c2ccnc3ccccc23)CC1. The molecule has 1 aromatic carbocycles. The van der Waals surface area contributed by atoms with E-state index in [4.69, 9.17) is 0 Å². The minimum atomic E-state index is 0.119. The summed E-state index contributed by atoms with van der Waals surface area (Å²) in [5, 5.41) is 1.17. The number of anilines is 1. The van der Waals surface area contributed by atoms with Gasteiger partial charge in [-0.25, -0.2) is 0 Å². The molecule has 24 heavy (non-hydrogen) atoms. The number of rotatable bonds is 2. The lowest BCUT2D eigenvalue weighted by Gasteiger charge is -2.36. The zero-order chi connectivity index (χ0) is 16.5. The van der Waals surface area contributed by atoms with Crippen molar-refractivity contribution in [2.45, 2.75) is 6.92 Å². The number of hydrogen-bond donors (Lipinski definition) is 1. The molecule has 0 atom stereocenters. The molecule has 0 spiro atoms. The zero-order valence-electron chi connectivity index (χ0n) is 13.7. The number of pyridine rings is 1. The molecule has 1 aliphatic heterocycles. The summed E-state index contributed by atoms with van der Waals surface area (Å²) in [6.07, 6.45) is 5.52. The van der Waals surface area contributed by atoms with Crippen molar-refractivity contribution in [3.63, 3.8) is 0 Å². The Labute approximate surface area is 140 Å². The number of aromatic amines is 1. The number of hydrogen-bond acceptors (Lipinski definition) is 3. The maximum atomic E-state index is 12.6. The fourth-order valence-electron chi connectivity index (χ4n) is 3.35. The number of carbonyl (C=O) groups is 1. The van der Waals surface area contributed by atoms with Gasteiger partial charge in [0.1, 0.15) is 0 Å². The van der Waals surface area contributed by atoms with Crippen molar-refractivity contribution in [2.75, 3.05) is 31.1 Å². The first-order valence-corrected chi connectivity index (χ1v) is 8.25. The van der Waals surface area contributed by atoms with Crippen LogP contribution in [0.4, 0.5) is 5.69 Å². The van der Waals surface area contributed by atoms with E-state index in [2.05, 4.69) is 27.0 Å². The number of piperazine rings is 1. The lowest BCUT2D eigenvalue weighted by molar-refractivity contribution is 0.0746. The van der Waals surface area contributed by atoms with Gasteiger partial charge in [-0.1, -0.05) is 18.2 Å². The molecule has 0 unspecified atom stereocenters. The number of carbonyl (C=O) groups excluding carboxylic acids is 1. The predicted octanol–water partition coefficient (Wildman–Crippen LogP) is 2.83. The van der Waals surface area contributed by atoms with Gasteiger partial charge in [-0.2, -0.15) is 0 Å². The predicted molar refractivity (Wildman–Crippen MR) is 95.4 cm³/mol. The Kier molecular flexibility index (Phi) is 3.69. The van der Waals surface area contributed by atoms with Crippen molar-refractivity contribution in [1.82, 2.24) is 14.9 Å². The van der Waals surface area contributed by atoms with E-state index < -0.39 is 0 Å². The van der Waals surface area contributed by atoms with E-state index in [1.807, 2.05) is 42.4 Å². The Hall–Kier alpha value is -2.82. The van der Waals surface area contributed by atoms with Crippen LogP contribution in [0.15, 0.2) is 48.9 Å². The van der Waals surface area contributed by atoms with Crippen LogP contribution in [0.5, 0.6) is 0 Å². The summed E-state index contributed by atoms with van der Waals surface area (Å²) in [5.41, 5.74) is 3.99. The van der Waals surface area contributed by atoms with Crippen LogP contribution in [0.25, 0.3) is 10.9 Å². The maximum absolute atomic E-state index is 12.6. The van der Waals surface area contributed by atoms with E-state index in [9.17, 15) is 4.79 Å². The molecule has 3 heterocycles. The van der Waals surface area contributed by atoms with Crippen molar-refractivity contribution >= 4 is 22.5 Å². The fraction of sp³-hybridized carbons (Fsp3) is 0.263. The van der Waals surface area contributed by atoms with Crippen LogP contribution in [0.3, 0.4) is 0 Å². The van der Waals surface area contributed by atoms with Crippen molar-refractivity contribution in [3.8, 4) is 0 Å². The molecule has 1 saturated heterocycles. The number of para-hydroxylation sites is 1. The van der Waals surface area contributed by atoms with Gasteiger partial charge in [0.25, 0.3) is 5.91 Å². The molecule has 0 aliphatic carbocycles. The first-order chi connectivity index (χ1) is 11.7. The Balaban J connectivity index is 1.52. The van der Waals surface area contributed by atoms with Gasteiger partial charge in [-0.05, 0) is 24.6 Å². The second kappa shape index (κ2) is 6.00. The van der Waals surface area contributed by atoms with Crippen LogP contribution >= 0.6 is 0 Å². The zero-order valence-corrected chi connectivity index (χ0v) is 13.7. The third-order valence-electron chi connectivity index (χ3n) is 4.72. The van der Waals surface area contributed by atoms with Gasteiger partial charge in [0, 0.05) is 55.8 Å². The van der Waals surface area contributed by atoms with Gasteiger partial charge in [0.2, 0.25) is 0 Å². The Bertz CT molecular complexity index is 872. The minimum Gasteiger partial charge on any atom is -0.367 e. The van der Waals surface area contributed by atoms with Crippen molar-refractivity contribution in [3.05, 3.63) is 60.0 Å². The standard InChI is InChI=1S/C19H20N4O/c1-14-12-20-13-16(14)19(24)23-10-8-22(9-11-23)18-6-7-21-17-5-3-2-4-15(17)18/h2-7,12-13,20H,8-11H2,1H3. The van der Waals surface area contributed by atoms with Gasteiger partial charge < -0.3 is 14.8 Å². The molecule has 0 bridgehead atoms. The van der Waals surface area contributed by atoms with Gasteiger partial charge >= 0.3 is 0 Å². The molecule has 0 saturated carbocycles. The van der Waals surface area contributed by atoms with E-state index in [1.165, 1.54) is 11.1 Å². The number of fused-ring (bicyclic) bond motifs is 1. The summed E-state index contributed by atoms with van der Waals surface area (Å²) < 4.78 is 0. The van der Waals surface area contributed by atoms with Crippen molar-refractivity contribution in [1.29, 1.82) is 0 Å². The van der Waals surface area contributed by atoms with E-state index in [0.717, 1.165) is 42.8 Å². The normalized spacial score (nSPS) is 15.0. The molecule has 5 nitrogen and oxygen atoms in total. The molecular weight excluding hydrogens is 300 g/mol. The smallest absolute Gasteiger partial charge is 0.255 e. The molecule has 3 aromatic rings. The molecule has 1 N–H and O–H groups in total. The maximum Gasteiger partial charge on any atom is 0.255 e. The van der Waals surface area contributed by atoms with Gasteiger partial charge in [-0.3, -0.25) is 9.78 Å². The summed E-state index contributed by atoms with van der Waals surface area (Å²) in [6.45, 7) is 5.11. The number of aromatic nitrogens is 2. The van der Waals surface area contributed by atoms with Crippen molar-refractivity contribution in [2.24, 2.45) is 0 Å². The van der Waals surface area contributed by atoms with Crippen LogP contribution < -0.4 is 4.90 Å². The quantitative estimate of drug-likeness (QED) is 0.790. The highest BCUT2D eigenvalue weighted by atomic mass is 16.2. The first kappa shape index (κ1) is 14.8. The minimum absolute atomic E-state index is 0.119. The van der Waals surface area contributed by atoms with Crippen LogP contribution in [-0.4, -0.2) is 47.0 Å². The van der Waals surface area contributed by atoms with E-state index >= 15 is 0 Å². The highest BCUT2D eigenvalue weighted by Gasteiger charge is 2.24. The Morgan fingerprint density at radius 3 is 2.62 bits per heavy atom. The lowest BCUT2D eigenvalue weighted by atomic mass is 10.1. The second-order valence-corrected chi connectivity index (χ2v) is 6.18. The number of aryl methyl sites for hydroxylation is 1. The molecule has 122 valence electrons. The molecule has 4 rings (SSSR count). The highest BCUT2D eigenvalue weighted by Crippen LogP contribution is 2.26. The number of nitrogens with one attached hydrogen (secondary N) is 1. The average molecular weight is 320 g/mol. The lowest BCUT2D eigenvalue weighted by Crippen LogP contribution is -2.48. The molecule has 2 aromatic heterocycles. The van der Waals surface area contributed by atoms with Gasteiger partial charge in [0.05, 0.1) is 11.1 Å². The summed E-state index contributed by atoms with van der Waals surface area (Å²) in [4.78, 5) is 24.3. The second-order valence-electron chi connectivity index (χ2n) is 6.18. The highest BCUT2D eigenvalue weighted by molar-refractivity contribution is 5.96. The largest absolute Gasteiger partial charge is 0.367 e. The van der Waals surface area contributed by atoms with Crippen LogP contribution in [0.2, 0.25) is 0 Å². The number of nitrogens with zero attached hydrogens (tertiary/aromatic N) is 3. The monoisotopic (exact) mass is 320 g/mol. The number of H-pyrrole nitrogens is 1. The van der Waals surface area contributed by atoms with E-state index in [0.29, 0.717) is 0 Å². The van der Waals surface area contributed by atoms with Crippen LogP contribution in [0.1, 0.15) is 15.9 Å². The van der Waals surface area contributed by atoms with E-state index in [1.54, 1.807) is 6.20 Å². The third kappa shape index (κ3) is 2.52. The summed E-state index contributed by atoms with van der Waals surface area (Å²) in [7, 11) is 0. The summed E-state index contributed by atoms with van der Waals surface area (Å²) in [6, 6.07) is 10.3. The van der Waals surface area contributed by atoms with Crippen molar-refractivity contribution < 1.29 is 4.79 Å². The fourth-order valence-corrected chi connectivity index (χ4v) is 3.35.